The van der Waals surface area contributed by atoms with Crippen LogP contribution in [0.2, 0.25) is 0 Å². The minimum absolute atomic E-state index is 0.0198. The van der Waals surface area contributed by atoms with Crippen LogP contribution in [0.5, 0.6) is 5.75 Å². The predicted molar refractivity (Wildman–Crippen MR) is 131 cm³/mol. The molecule has 0 aromatic heterocycles. The number of allylic oxidation sites excluding steroid dienone is 4. The Morgan fingerprint density at radius 2 is 1.81 bits per heavy atom. The van der Waals surface area contributed by atoms with Crippen molar-refractivity contribution in [3.8, 4) is 5.75 Å². The maximum absolute atomic E-state index is 11.9. The highest BCUT2D eigenvalue weighted by Crippen LogP contribution is 2.22. The summed E-state index contributed by atoms with van der Waals surface area (Å²) in [5, 5.41) is 0. The summed E-state index contributed by atoms with van der Waals surface area (Å²) in [5.41, 5.74) is 3.76. The van der Waals surface area contributed by atoms with Crippen molar-refractivity contribution in [1.29, 1.82) is 0 Å². The number of ketones is 1. The Balaban J connectivity index is 2.36. The van der Waals surface area contributed by atoms with Crippen molar-refractivity contribution in [2.75, 3.05) is 40.3 Å². The molecule has 0 saturated carbocycles. The third-order valence-electron chi connectivity index (χ3n) is 5.68. The maximum atomic E-state index is 11.9. The molecule has 1 fully saturated rings. The van der Waals surface area contributed by atoms with Gasteiger partial charge in [-0.25, -0.2) is 0 Å². The second-order valence-corrected chi connectivity index (χ2v) is 8.05. The second kappa shape index (κ2) is 12.3. The molecule has 1 aromatic rings. The van der Waals surface area contributed by atoms with Crippen molar-refractivity contribution < 1.29 is 9.53 Å². The Morgan fingerprint density at radius 1 is 1.16 bits per heavy atom. The summed E-state index contributed by atoms with van der Waals surface area (Å²) >= 11 is 0. The van der Waals surface area contributed by atoms with E-state index in [4.69, 9.17) is 9.73 Å². The number of benzene rings is 1. The van der Waals surface area contributed by atoms with Gasteiger partial charge >= 0.3 is 0 Å². The van der Waals surface area contributed by atoms with E-state index in [0.717, 1.165) is 49.6 Å². The number of carbonyl (C=O) groups excluding carboxylic acids is 1. The summed E-state index contributed by atoms with van der Waals surface area (Å²) < 4.78 is 5.26. The molecule has 1 atom stereocenters. The van der Waals surface area contributed by atoms with Gasteiger partial charge in [-0.2, -0.15) is 0 Å². The molecular weight excluding hydrogens is 386 g/mol. The topological polar surface area (TPSA) is 45.1 Å². The van der Waals surface area contributed by atoms with Crippen molar-refractivity contribution in [3.05, 3.63) is 59.8 Å². The van der Waals surface area contributed by atoms with Crippen LogP contribution in [0.3, 0.4) is 0 Å². The van der Waals surface area contributed by atoms with Crippen LogP contribution >= 0.6 is 0 Å². The quantitative estimate of drug-likeness (QED) is 0.325. The average molecular weight is 424 g/mol. The molecule has 5 heteroatoms. The lowest BCUT2D eigenvalue weighted by molar-refractivity contribution is -0.112. The molecule has 1 heterocycles. The van der Waals surface area contributed by atoms with Crippen molar-refractivity contribution in [2.24, 2.45) is 10.9 Å². The fourth-order valence-electron chi connectivity index (χ4n) is 3.41. The summed E-state index contributed by atoms with van der Waals surface area (Å²) in [7, 11) is 3.81. The molecule has 0 amide bonds. The monoisotopic (exact) mass is 423 g/mol. The van der Waals surface area contributed by atoms with Gasteiger partial charge in [-0.3, -0.25) is 9.79 Å². The Morgan fingerprint density at radius 3 is 2.32 bits per heavy atom. The van der Waals surface area contributed by atoms with Gasteiger partial charge in [0.2, 0.25) is 0 Å². The Hall–Kier alpha value is -2.66. The van der Waals surface area contributed by atoms with E-state index in [1.165, 1.54) is 5.70 Å². The van der Waals surface area contributed by atoms with Gasteiger partial charge in [-0.05, 0) is 69.7 Å². The first kappa shape index (κ1) is 24.6. The van der Waals surface area contributed by atoms with Crippen molar-refractivity contribution in [2.45, 2.75) is 34.1 Å². The van der Waals surface area contributed by atoms with Crippen LogP contribution in [0.4, 0.5) is 0 Å². The lowest BCUT2D eigenvalue weighted by Gasteiger charge is -2.34. The average Bonchev–Trinajstić information content (AvgIpc) is 2.78. The summed E-state index contributed by atoms with van der Waals surface area (Å²) in [4.78, 5) is 21.6. The number of methoxy groups -OCH3 is 1. The van der Waals surface area contributed by atoms with Crippen LogP contribution in [0, 0.1) is 5.92 Å². The normalized spacial score (nSPS) is 17.9. The van der Waals surface area contributed by atoms with Crippen LogP contribution in [0.15, 0.2) is 59.3 Å². The Labute approximate surface area is 187 Å². The van der Waals surface area contributed by atoms with Gasteiger partial charge < -0.3 is 14.5 Å². The second-order valence-electron chi connectivity index (χ2n) is 8.05. The molecule has 1 aromatic carbocycles. The zero-order chi connectivity index (χ0) is 22.8. The molecule has 31 heavy (non-hydrogen) atoms. The minimum atomic E-state index is -0.0198. The lowest BCUT2D eigenvalue weighted by atomic mass is 10.0. The predicted octanol–water partition coefficient (Wildman–Crippen LogP) is 4.82. The third-order valence-corrected chi connectivity index (χ3v) is 5.68. The van der Waals surface area contributed by atoms with Crippen LogP contribution in [0.25, 0.3) is 5.70 Å². The molecular formula is C26H37N3O2. The van der Waals surface area contributed by atoms with E-state index in [-0.39, 0.29) is 11.7 Å². The first-order valence-electron chi connectivity index (χ1n) is 11.1. The van der Waals surface area contributed by atoms with Crippen LogP contribution in [-0.2, 0) is 4.79 Å². The van der Waals surface area contributed by atoms with Crippen LogP contribution in [-0.4, -0.2) is 61.6 Å². The first-order valence-corrected chi connectivity index (χ1v) is 11.1. The van der Waals surface area contributed by atoms with Crippen LogP contribution in [0.1, 0.15) is 39.7 Å². The first-order chi connectivity index (χ1) is 14.9. The molecule has 1 aliphatic heterocycles. The van der Waals surface area contributed by atoms with Crippen molar-refractivity contribution in [3.63, 3.8) is 0 Å². The number of likely N-dealkylation sites (N-methyl/N-ethyl adjacent to an activating group) is 1. The Bertz CT molecular complexity index is 842. The molecule has 0 spiro atoms. The largest absolute Gasteiger partial charge is 0.497 e. The highest BCUT2D eigenvalue weighted by molar-refractivity contribution is 6.03. The Kier molecular flexibility index (Phi) is 9.73. The number of piperazine rings is 1. The molecule has 1 saturated heterocycles. The maximum Gasteiger partial charge on any atom is 0.154 e. The fraction of sp³-hybridized carbons (Fsp3) is 0.462. The highest BCUT2D eigenvalue weighted by Gasteiger charge is 2.15. The molecule has 0 radical (unpaired) electrons. The van der Waals surface area contributed by atoms with Gasteiger partial charge in [0.05, 0.1) is 12.8 Å². The smallest absolute Gasteiger partial charge is 0.154 e. The van der Waals surface area contributed by atoms with Gasteiger partial charge in [-0.1, -0.05) is 19.9 Å². The highest BCUT2D eigenvalue weighted by atomic mass is 16.5. The molecule has 0 N–H and O–H groups in total. The van der Waals surface area contributed by atoms with E-state index >= 15 is 0 Å². The van der Waals surface area contributed by atoms with Gasteiger partial charge in [0.1, 0.15) is 5.75 Å². The van der Waals surface area contributed by atoms with E-state index in [9.17, 15) is 4.79 Å². The van der Waals surface area contributed by atoms with E-state index in [1.807, 2.05) is 24.3 Å². The van der Waals surface area contributed by atoms with E-state index < -0.39 is 0 Å². The van der Waals surface area contributed by atoms with Crippen molar-refractivity contribution >= 4 is 17.2 Å². The standard InChI is InChI=1S/C26H37N3O2/c1-7-20(3)25(14-11-23(8-2)29-17-15-28(5)16-18-29)27-26(19-21(4)30)22-9-12-24(31-6)13-10-22/h8-14,19-20H,7,15-18H2,1-6H3/b14-11-,23-8+,26-19-,27-25-. The van der Waals surface area contributed by atoms with E-state index in [0.29, 0.717) is 5.70 Å². The molecule has 168 valence electrons. The fourth-order valence-corrected chi connectivity index (χ4v) is 3.41. The lowest BCUT2D eigenvalue weighted by Crippen LogP contribution is -2.43. The van der Waals surface area contributed by atoms with Gasteiger partial charge in [0, 0.05) is 49.2 Å². The minimum Gasteiger partial charge on any atom is -0.497 e. The summed E-state index contributed by atoms with van der Waals surface area (Å²) in [6.07, 6.45) is 9.01. The van der Waals surface area contributed by atoms with E-state index in [1.54, 1.807) is 20.1 Å². The molecule has 0 bridgehead atoms. The summed E-state index contributed by atoms with van der Waals surface area (Å²) in [5.74, 6) is 1.03. The summed E-state index contributed by atoms with van der Waals surface area (Å²) in [6, 6.07) is 7.67. The zero-order valence-electron chi connectivity index (χ0n) is 19.9. The summed E-state index contributed by atoms with van der Waals surface area (Å²) in [6.45, 7) is 12.2. The zero-order valence-corrected chi connectivity index (χ0v) is 19.9. The van der Waals surface area contributed by atoms with Gasteiger partial charge in [0.25, 0.3) is 0 Å². The van der Waals surface area contributed by atoms with E-state index in [2.05, 4.69) is 55.8 Å². The van der Waals surface area contributed by atoms with Crippen LogP contribution < -0.4 is 4.74 Å². The number of hydrogen-bond acceptors (Lipinski definition) is 5. The number of ether oxygens (including phenoxy) is 1. The van der Waals surface area contributed by atoms with Crippen molar-refractivity contribution in [1.82, 2.24) is 9.80 Å². The molecule has 0 aliphatic carbocycles. The number of nitrogens with zero attached hydrogens (tertiary/aromatic N) is 3. The van der Waals surface area contributed by atoms with Gasteiger partial charge in [0.15, 0.2) is 5.78 Å². The number of carbonyl (C=O) groups is 1. The van der Waals surface area contributed by atoms with Gasteiger partial charge in [-0.15, -0.1) is 0 Å². The molecule has 1 unspecified atom stereocenters. The number of aliphatic imine (C=N–C) groups is 1. The molecule has 5 nitrogen and oxygen atoms in total. The third kappa shape index (κ3) is 7.51. The molecule has 2 rings (SSSR count). The number of hydrogen-bond donors (Lipinski definition) is 0. The number of rotatable bonds is 9. The molecule has 1 aliphatic rings. The SMILES string of the molecule is C\C=C(/C=C\C(=N\C(=C/C(C)=O)c1ccc(OC)cc1)C(C)CC)N1CCN(C)CC1.